The van der Waals surface area contributed by atoms with Crippen LogP contribution in [-0.4, -0.2) is 54.1 Å². The fraction of sp³-hybridized carbons (Fsp3) is 0.191. The second-order valence-electron chi connectivity index (χ2n) is 13.1. The van der Waals surface area contributed by atoms with Crippen LogP contribution in [-0.2, 0) is 30.1 Å². The van der Waals surface area contributed by atoms with E-state index in [0.717, 1.165) is 33.4 Å². The summed E-state index contributed by atoms with van der Waals surface area (Å²) in [6, 6.07) is 59.7. The molecule has 0 bridgehead atoms. The lowest BCUT2D eigenvalue weighted by Crippen LogP contribution is -2.62. The minimum atomic E-state index is -1.38. The van der Waals surface area contributed by atoms with Gasteiger partial charge in [0.1, 0.15) is 35.6 Å². The van der Waals surface area contributed by atoms with Crippen LogP contribution < -0.4 is 0 Å². The molecule has 0 aliphatic carbocycles. The molecule has 0 amide bonds. The molecule has 1 aliphatic heterocycles. The SMILES string of the molecule is C=CCO[C@H]1O[C@H](COC(c2ccccc2)(c2ccccc2)c2ccccc2)[C@@H](O)[C@H](OC(c2ccccc2)(c2ccccc2)c2ccccc2)[C@@H]1O. The third-order valence-electron chi connectivity index (χ3n) is 9.88. The first-order valence-electron chi connectivity index (χ1n) is 18.0. The number of ether oxygens (including phenoxy) is 4. The number of rotatable bonds is 14. The molecule has 6 nitrogen and oxygen atoms in total. The Morgan fingerprint density at radius 1 is 0.509 bits per heavy atom. The van der Waals surface area contributed by atoms with E-state index in [4.69, 9.17) is 18.9 Å². The van der Waals surface area contributed by atoms with Gasteiger partial charge < -0.3 is 29.2 Å². The molecule has 1 heterocycles. The molecule has 1 aliphatic rings. The zero-order valence-corrected chi connectivity index (χ0v) is 29.4. The van der Waals surface area contributed by atoms with Crippen LogP contribution in [0.1, 0.15) is 33.4 Å². The second kappa shape index (κ2) is 16.7. The van der Waals surface area contributed by atoms with Crippen LogP contribution in [0.15, 0.2) is 195 Å². The lowest BCUT2D eigenvalue weighted by molar-refractivity contribution is -0.318. The van der Waals surface area contributed by atoms with Crippen molar-refractivity contribution in [3.63, 3.8) is 0 Å². The van der Waals surface area contributed by atoms with Crippen LogP contribution in [0.4, 0.5) is 0 Å². The van der Waals surface area contributed by atoms with E-state index in [1.165, 1.54) is 0 Å². The summed E-state index contributed by atoms with van der Waals surface area (Å²) in [6.45, 7) is 3.84. The number of hydrogen-bond donors (Lipinski definition) is 2. The van der Waals surface area contributed by atoms with E-state index >= 15 is 0 Å². The molecule has 7 rings (SSSR count). The number of aliphatic hydroxyl groups excluding tert-OH is 2. The van der Waals surface area contributed by atoms with Crippen molar-refractivity contribution in [2.45, 2.75) is 41.9 Å². The molecule has 0 unspecified atom stereocenters. The molecular weight excluding hydrogens is 661 g/mol. The molecule has 5 atom stereocenters. The quantitative estimate of drug-likeness (QED) is 0.0884. The van der Waals surface area contributed by atoms with Gasteiger partial charge in [-0.15, -0.1) is 6.58 Å². The molecular formula is C47H44O6. The van der Waals surface area contributed by atoms with Crippen molar-refractivity contribution in [1.29, 1.82) is 0 Å². The predicted octanol–water partition coefficient (Wildman–Crippen LogP) is 8.02. The van der Waals surface area contributed by atoms with Gasteiger partial charge in [0.2, 0.25) is 0 Å². The molecule has 6 aromatic carbocycles. The van der Waals surface area contributed by atoms with Crippen LogP contribution in [0.25, 0.3) is 0 Å². The number of benzene rings is 6. The maximum absolute atomic E-state index is 12.4. The highest BCUT2D eigenvalue weighted by molar-refractivity contribution is 5.49. The molecule has 1 saturated heterocycles. The van der Waals surface area contributed by atoms with Gasteiger partial charge in [-0.1, -0.05) is 188 Å². The number of hydrogen-bond acceptors (Lipinski definition) is 6. The summed E-state index contributed by atoms with van der Waals surface area (Å²) in [5, 5.41) is 24.4. The Hall–Kier alpha value is -5.18. The van der Waals surface area contributed by atoms with Gasteiger partial charge in [-0.3, -0.25) is 0 Å². The minimum absolute atomic E-state index is 0.0740. The summed E-state index contributed by atoms with van der Waals surface area (Å²) in [4.78, 5) is 0. The Kier molecular flexibility index (Phi) is 11.4. The third kappa shape index (κ3) is 7.26. The van der Waals surface area contributed by atoms with Gasteiger partial charge in [0.05, 0.1) is 13.2 Å². The third-order valence-corrected chi connectivity index (χ3v) is 9.88. The van der Waals surface area contributed by atoms with E-state index in [2.05, 4.69) is 6.58 Å². The average molecular weight is 705 g/mol. The second-order valence-corrected chi connectivity index (χ2v) is 13.1. The van der Waals surface area contributed by atoms with Crippen molar-refractivity contribution >= 4 is 0 Å². The molecule has 268 valence electrons. The van der Waals surface area contributed by atoms with Crippen molar-refractivity contribution in [3.8, 4) is 0 Å². The monoisotopic (exact) mass is 704 g/mol. The summed E-state index contributed by atoms with van der Waals surface area (Å²) in [7, 11) is 0. The zero-order chi connectivity index (χ0) is 36.5. The molecule has 53 heavy (non-hydrogen) atoms. The standard InChI is InChI=1S/C47H44O6/c1-2-33-50-45-43(49)44(53-47(38-27-15-6-16-28-38,39-29-17-7-18-30-39)40-31-19-8-20-32-40)42(48)41(52-45)34-51-46(35-21-9-3-10-22-35,36-23-11-4-12-24-36)37-25-13-5-14-26-37/h2-32,41-45,48-49H,1,33-34H2/t41-,42-,43+,44+,45+/m1/s1. The molecule has 2 N–H and O–H groups in total. The highest BCUT2D eigenvalue weighted by atomic mass is 16.7. The Morgan fingerprint density at radius 2 is 0.849 bits per heavy atom. The predicted molar refractivity (Wildman–Crippen MR) is 206 cm³/mol. The van der Waals surface area contributed by atoms with Gasteiger partial charge in [-0.25, -0.2) is 0 Å². The van der Waals surface area contributed by atoms with Gasteiger partial charge in [-0.05, 0) is 33.4 Å². The summed E-state index contributed by atoms with van der Waals surface area (Å²) in [5.41, 5.74) is 2.91. The molecule has 1 fully saturated rings. The number of aliphatic hydroxyl groups is 2. The molecule has 0 aromatic heterocycles. The van der Waals surface area contributed by atoms with Crippen molar-refractivity contribution in [2.75, 3.05) is 13.2 Å². The van der Waals surface area contributed by atoms with E-state index < -0.39 is 41.9 Å². The Labute approximate surface area is 311 Å². The van der Waals surface area contributed by atoms with E-state index in [1.807, 2.05) is 182 Å². The van der Waals surface area contributed by atoms with Crippen molar-refractivity contribution in [1.82, 2.24) is 0 Å². The summed E-state index contributed by atoms with van der Waals surface area (Å²) in [5.74, 6) is 0. The average Bonchev–Trinajstić information content (AvgIpc) is 3.24. The fourth-order valence-corrected chi connectivity index (χ4v) is 7.38. The Bertz CT molecular complexity index is 1800. The van der Waals surface area contributed by atoms with Crippen LogP contribution in [0.2, 0.25) is 0 Å². The van der Waals surface area contributed by atoms with Gasteiger partial charge in [0.15, 0.2) is 6.29 Å². The Morgan fingerprint density at radius 3 is 1.19 bits per heavy atom. The van der Waals surface area contributed by atoms with Crippen LogP contribution in [0.3, 0.4) is 0 Å². The highest BCUT2D eigenvalue weighted by Gasteiger charge is 2.52. The van der Waals surface area contributed by atoms with E-state index in [-0.39, 0.29) is 13.2 Å². The first-order valence-corrected chi connectivity index (χ1v) is 18.0. The van der Waals surface area contributed by atoms with Gasteiger partial charge >= 0.3 is 0 Å². The van der Waals surface area contributed by atoms with E-state index in [1.54, 1.807) is 6.08 Å². The van der Waals surface area contributed by atoms with Gasteiger partial charge in [0, 0.05) is 0 Å². The molecule has 6 heteroatoms. The first-order chi connectivity index (χ1) is 26.1. The van der Waals surface area contributed by atoms with E-state index in [0.29, 0.717) is 0 Å². The first kappa shape index (κ1) is 36.2. The van der Waals surface area contributed by atoms with Crippen molar-refractivity contribution < 1.29 is 29.2 Å². The topological polar surface area (TPSA) is 77.4 Å². The lowest BCUT2D eigenvalue weighted by Gasteiger charge is -2.47. The van der Waals surface area contributed by atoms with Crippen molar-refractivity contribution in [2.24, 2.45) is 0 Å². The fourth-order valence-electron chi connectivity index (χ4n) is 7.38. The minimum Gasteiger partial charge on any atom is -0.387 e. The van der Waals surface area contributed by atoms with Crippen LogP contribution >= 0.6 is 0 Å². The largest absolute Gasteiger partial charge is 0.387 e. The van der Waals surface area contributed by atoms with Crippen LogP contribution in [0, 0.1) is 0 Å². The normalized spacial score (nSPS) is 20.5. The Balaban J connectivity index is 1.33. The van der Waals surface area contributed by atoms with Gasteiger partial charge in [0.25, 0.3) is 0 Å². The summed E-state index contributed by atoms with van der Waals surface area (Å²) in [6.07, 6.45) is -4.45. The molecule has 6 aromatic rings. The van der Waals surface area contributed by atoms with Crippen LogP contribution in [0.5, 0.6) is 0 Å². The lowest BCUT2D eigenvalue weighted by atomic mass is 9.79. The molecule has 0 spiro atoms. The molecule has 0 radical (unpaired) electrons. The zero-order valence-electron chi connectivity index (χ0n) is 29.4. The maximum atomic E-state index is 12.4. The summed E-state index contributed by atoms with van der Waals surface area (Å²) < 4.78 is 26.8. The molecule has 0 saturated carbocycles. The maximum Gasteiger partial charge on any atom is 0.187 e. The smallest absolute Gasteiger partial charge is 0.187 e. The van der Waals surface area contributed by atoms with E-state index in [9.17, 15) is 10.2 Å². The van der Waals surface area contributed by atoms with Crippen molar-refractivity contribution in [3.05, 3.63) is 228 Å². The van der Waals surface area contributed by atoms with Gasteiger partial charge in [-0.2, -0.15) is 0 Å². The highest BCUT2D eigenvalue weighted by Crippen LogP contribution is 2.45. The summed E-state index contributed by atoms with van der Waals surface area (Å²) >= 11 is 0.